The number of oxazole rings is 1. The topological polar surface area (TPSA) is 147 Å². The average molecular weight is 830 g/mol. The minimum absolute atomic E-state index is 0. The van der Waals surface area contributed by atoms with Crippen LogP contribution in [0.4, 0.5) is 5.69 Å². The average Bonchev–Trinajstić information content (AvgIpc) is 3.74. The van der Waals surface area contributed by atoms with Gasteiger partial charge in [0.1, 0.15) is 0 Å². The van der Waals surface area contributed by atoms with Gasteiger partial charge in [0, 0.05) is 36.6 Å². The summed E-state index contributed by atoms with van der Waals surface area (Å²) >= 11 is 0. The summed E-state index contributed by atoms with van der Waals surface area (Å²) < 4.78 is 82.5. The van der Waals surface area contributed by atoms with Crippen LogP contribution in [0.5, 0.6) is 5.75 Å². The smallest absolute Gasteiger partial charge is 0.748 e. The molecule has 0 unspecified atom stereocenters. The second kappa shape index (κ2) is 20.8. The van der Waals surface area contributed by atoms with Gasteiger partial charge in [-0.15, -0.1) is 0 Å². The quantitative estimate of drug-likeness (QED) is 0.0477. The second-order valence-corrected chi connectivity index (χ2v) is 17.1. The normalized spacial score (nSPS) is 13.8. The van der Waals surface area contributed by atoms with Crippen molar-refractivity contribution < 1.29 is 41.1 Å². The number of benzene rings is 4. The number of nitrogens with zero attached hydrogens (tertiary/aromatic N) is 3. The van der Waals surface area contributed by atoms with Crippen molar-refractivity contribution in [3.63, 3.8) is 0 Å². The highest BCUT2D eigenvalue weighted by molar-refractivity contribution is 7.85. The molecular weight excluding hydrogens is 775 g/mol. The van der Waals surface area contributed by atoms with Gasteiger partial charge in [-0.1, -0.05) is 100 Å². The lowest BCUT2D eigenvalue weighted by atomic mass is 10.0. The molecule has 1 aliphatic heterocycles. The molecule has 4 aromatic carbocycles. The van der Waals surface area contributed by atoms with Crippen LogP contribution in [0.2, 0.25) is 0 Å². The van der Waals surface area contributed by atoms with Crippen LogP contribution in [0.1, 0.15) is 67.1 Å². The monoisotopic (exact) mass is 829 g/mol. The van der Waals surface area contributed by atoms with Gasteiger partial charge < -0.3 is 28.1 Å². The molecule has 2 heterocycles. The van der Waals surface area contributed by atoms with E-state index in [0.29, 0.717) is 55.5 Å². The highest BCUT2D eigenvalue weighted by atomic mass is 32.2. The zero-order valence-electron chi connectivity index (χ0n) is 34.8. The fourth-order valence-electron chi connectivity index (χ4n) is 6.83. The summed E-state index contributed by atoms with van der Waals surface area (Å²) in [7, 11) is -8.65. The third-order valence-corrected chi connectivity index (χ3v) is 11.7. The Hall–Kier alpha value is -4.79. The van der Waals surface area contributed by atoms with Crippen LogP contribution in [0.25, 0.3) is 39.4 Å². The number of hydrogen-bond donors (Lipinski definition) is 0. The maximum atomic E-state index is 11.3. The van der Waals surface area contributed by atoms with E-state index in [1.165, 1.54) is 19.6 Å². The van der Waals surface area contributed by atoms with Crippen LogP contribution in [-0.4, -0.2) is 68.5 Å². The Morgan fingerprint density at radius 3 is 1.84 bits per heavy atom. The van der Waals surface area contributed by atoms with Crippen LogP contribution in [-0.2, 0) is 26.8 Å². The predicted molar refractivity (Wildman–Crippen MR) is 230 cm³/mol. The minimum atomic E-state index is -4.33. The zero-order valence-corrected chi connectivity index (χ0v) is 35.4. The number of aromatic nitrogens is 1. The van der Waals surface area contributed by atoms with E-state index >= 15 is 0 Å². The summed E-state index contributed by atoms with van der Waals surface area (Å²) in [6.45, 7) is 13.0. The van der Waals surface area contributed by atoms with Crippen LogP contribution in [0, 0.1) is 0 Å². The Bertz CT molecular complexity index is 2390. The van der Waals surface area contributed by atoms with E-state index in [-0.39, 0.29) is 14.3 Å². The van der Waals surface area contributed by atoms with Crippen molar-refractivity contribution in [2.24, 2.45) is 0 Å². The maximum Gasteiger partial charge on any atom is 1.00 e. The summed E-state index contributed by atoms with van der Waals surface area (Å²) in [5.41, 5.74) is 7.30. The van der Waals surface area contributed by atoms with Crippen LogP contribution in [0.15, 0.2) is 119 Å². The van der Waals surface area contributed by atoms with Crippen molar-refractivity contribution in [1.29, 1.82) is 0 Å². The Kier molecular flexibility index (Phi) is 15.9. The standard InChI is InChI=1S/C39H40N2O8S2.C6H15N/c1-2-29(25-38-40(21-9-11-23-50(42,43)44)34-27-32(17-19-36(34)48-38)30-13-5-3-6-14-30)26-39-41(22-10-12-24-51(45,46)47)35-28-33(18-20-37(35)49-39)31-15-7-4-8-16-31;1-4-7(5-2)6-3/h3-8,13-20,25-28H,2,9-12,21-24H2,1H3,(H-,42,43,44,45,46,47);4-6H2,1-3H3. The molecule has 0 radical (unpaired) electrons. The summed E-state index contributed by atoms with van der Waals surface area (Å²) in [6, 6.07) is 31.9. The lowest BCUT2D eigenvalue weighted by molar-refractivity contribution is -0.678. The van der Waals surface area contributed by atoms with E-state index < -0.39 is 31.7 Å². The largest absolute Gasteiger partial charge is 1.00 e. The lowest BCUT2D eigenvalue weighted by Gasteiger charge is -2.19. The molecule has 0 bridgehead atoms. The van der Waals surface area contributed by atoms with E-state index in [1.807, 2.05) is 126 Å². The predicted octanol–water partition coefficient (Wildman–Crippen LogP) is 8.70. The van der Waals surface area contributed by atoms with Crippen molar-refractivity contribution in [3.8, 4) is 28.0 Å². The van der Waals surface area contributed by atoms with Crippen molar-refractivity contribution in [3.05, 3.63) is 120 Å². The van der Waals surface area contributed by atoms with Gasteiger partial charge in [-0.2, -0.15) is 4.57 Å². The Balaban J connectivity index is 0.000000882. The van der Waals surface area contributed by atoms with Gasteiger partial charge in [-0.3, -0.25) is 0 Å². The molecule has 0 saturated heterocycles. The van der Waals surface area contributed by atoms with Gasteiger partial charge in [0.05, 0.1) is 32.0 Å². The summed E-state index contributed by atoms with van der Waals surface area (Å²) in [5, 5.41) is 0. The van der Waals surface area contributed by atoms with E-state index in [4.69, 9.17) is 9.15 Å². The molecule has 1 aromatic heterocycles. The molecule has 13 heteroatoms. The van der Waals surface area contributed by atoms with Gasteiger partial charge in [0.2, 0.25) is 11.5 Å². The SMILES string of the molecule is CCC(/C=C1\Oc2ccc(-c3ccccc3)cc2N1CCCCS(=O)(=O)[O-])=C\c1oc2ccc(-c3ccccc3)cc2[n+]1CCCCS(=O)(=O)[O-].CCN(CC)CC.[H+]. The first kappa shape index (κ1) is 44.3. The van der Waals surface area contributed by atoms with E-state index in [1.54, 1.807) is 0 Å². The minimum Gasteiger partial charge on any atom is -0.748 e. The second-order valence-electron chi connectivity index (χ2n) is 14.1. The highest BCUT2D eigenvalue weighted by Gasteiger charge is 2.28. The zero-order chi connectivity index (χ0) is 41.7. The van der Waals surface area contributed by atoms with Crippen LogP contribution < -0.4 is 14.2 Å². The van der Waals surface area contributed by atoms with Gasteiger partial charge in [-0.25, -0.2) is 16.8 Å². The first-order valence-electron chi connectivity index (χ1n) is 20.0. The molecule has 0 atom stereocenters. The number of rotatable bonds is 18. The summed E-state index contributed by atoms with van der Waals surface area (Å²) in [6.07, 6.45) is 5.83. The molecule has 0 amide bonds. The third kappa shape index (κ3) is 12.6. The fourth-order valence-corrected chi connectivity index (χ4v) is 7.95. The molecule has 0 aliphatic carbocycles. The first-order valence-corrected chi connectivity index (χ1v) is 23.2. The van der Waals surface area contributed by atoms with Crippen molar-refractivity contribution >= 4 is 43.1 Å². The number of fused-ring (bicyclic) bond motifs is 2. The first-order chi connectivity index (χ1) is 27.8. The summed E-state index contributed by atoms with van der Waals surface area (Å²) in [4.78, 5) is 4.38. The Labute approximate surface area is 345 Å². The Morgan fingerprint density at radius 1 is 0.724 bits per heavy atom. The number of allylic oxidation sites excluding steroid dienone is 2. The molecule has 1 aliphatic rings. The summed E-state index contributed by atoms with van der Waals surface area (Å²) in [5.74, 6) is 0.909. The van der Waals surface area contributed by atoms with Crippen LogP contribution in [0.3, 0.4) is 0 Å². The fraction of sp³-hybridized carbons (Fsp3) is 0.356. The van der Waals surface area contributed by atoms with Gasteiger partial charge >= 0.3 is 7.32 Å². The number of hydrogen-bond acceptors (Lipinski definition) is 10. The number of unbranched alkanes of at least 4 members (excludes halogenated alkanes) is 2. The van der Waals surface area contributed by atoms with E-state index in [0.717, 1.165) is 39.0 Å². The number of ether oxygens (including phenoxy) is 1. The molecule has 310 valence electrons. The lowest BCUT2D eigenvalue weighted by Crippen LogP contribution is -2.35. The van der Waals surface area contributed by atoms with E-state index in [9.17, 15) is 25.9 Å². The molecule has 0 N–H and O–H groups in total. The molecule has 0 spiro atoms. The van der Waals surface area contributed by atoms with Gasteiger partial charge in [0.15, 0.2) is 12.3 Å². The molecular formula is C45H55N3O8S2. The van der Waals surface area contributed by atoms with Crippen molar-refractivity contribution in [2.45, 2.75) is 66.3 Å². The number of anilines is 1. The van der Waals surface area contributed by atoms with Gasteiger partial charge in [0.25, 0.3) is 5.52 Å². The highest BCUT2D eigenvalue weighted by Crippen LogP contribution is 2.42. The van der Waals surface area contributed by atoms with Gasteiger partial charge in [-0.05, 0) is 91.3 Å². The molecule has 11 nitrogen and oxygen atoms in total. The molecule has 58 heavy (non-hydrogen) atoms. The van der Waals surface area contributed by atoms with E-state index in [2.05, 4.69) is 25.7 Å². The number of aryl methyl sites for hydroxylation is 1. The van der Waals surface area contributed by atoms with Crippen LogP contribution >= 0.6 is 0 Å². The molecule has 0 fully saturated rings. The Morgan fingerprint density at radius 2 is 1.29 bits per heavy atom. The molecule has 0 saturated carbocycles. The third-order valence-electron chi connectivity index (χ3n) is 10.1. The van der Waals surface area contributed by atoms with Crippen molar-refractivity contribution in [2.75, 3.05) is 42.6 Å². The molecule has 6 rings (SSSR count). The van der Waals surface area contributed by atoms with Crippen molar-refractivity contribution in [1.82, 2.24) is 4.90 Å². The maximum absolute atomic E-state index is 11.3. The molecule has 5 aromatic rings.